The van der Waals surface area contributed by atoms with Crippen LogP contribution in [0, 0.1) is 0 Å². The Hall–Kier alpha value is -1.13. The summed E-state index contributed by atoms with van der Waals surface area (Å²) < 4.78 is 6.00. The van der Waals surface area contributed by atoms with Crippen molar-refractivity contribution in [1.29, 1.82) is 0 Å². The molecule has 0 bridgehead atoms. The van der Waals surface area contributed by atoms with Gasteiger partial charge in [-0.2, -0.15) is 0 Å². The number of hydrogen-bond donors (Lipinski definition) is 0. The summed E-state index contributed by atoms with van der Waals surface area (Å²) in [6, 6.07) is 7.79. The molecule has 0 radical (unpaired) electrons. The molecule has 0 saturated carbocycles. The van der Waals surface area contributed by atoms with E-state index in [2.05, 4.69) is 17.1 Å². The SMILES string of the molecule is CCCOc1cccc(-c2nnc(Cl)s2)c1. The molecule has 16 heavy (non-hydrogen) atoms. The van der Waals surface area contributed by atoms with Gasteiger partial charge in [-0.05, 0) is 30.2 Å². The standard InChI is InChI=1S/C11H11ClN2OS/c1-2-6-15-9-5-3-4-8(7-9)10-13-14-11(12)16-10/h3-5,7H,2,6H2,1H3. The molecule has 0 unspecified atom stereocenters. The van der Waals surface area contributed by atoms with Crippen LogP contribution in [0.15, 0.2) is 24.3 Å². The lowest BCUT2D eigenvalue weighted by Gasteiger charge is -2.04. The van der Waals surface area contributed by atoms with Gasteiger partial charge < -0.3 is 4.74 Å². The van der Waals surface area contributed by atoms with Crippen molar-refractivity contribution in [1.82, 2.24) is 10.2 Å². The topological polar surface area (TPSA) is 35.0 Å². The molecule has 1 aromatic heterocycles. The predicted molar refractivity (Wildman–Crippen MR) is 66.1 cm³/mol. The molecular weight excluding hydrogens is 244 g/mol. The Bertz CT molecular complexity index is 473. The highest BCUT2D eigenvalue weighted by Crippen LogP contribution is 2.28. The maximum atomic E-state index is 5.75. The second kappa shape index (κ2) is 5.27. The normalized spacial score (nSPS) is 10.4. The molecule has 0 amide bonds. The molecule has 3 nitrogen and oxygen atoms in total. The summed E-state index contributed by atoms with van der Waals surface area (Å²) in [6.07, 6.45) is 0.995. The Morgan fingerprint density at radius 1 is 1.38 bits per heavy atom. The van der Waals surface area contributed by atoms with E-state index in [9.17, 15) is 0 Å². The lowest BCUT2D eigenvalue weighted by atomic mass is 10.2. The van der Waals surface area contributed by atoms with E-state index in [0.717, 1.165) is 29.3 Å². The Morgan fingerprint density at radius 3 is 2.94 bits per heavy atom. The molecule has 0 N–H and O–H groups in total. The molecule has 2 rings (SSSR count). The van der Waals surface area contributed by atoms with E-state index in [1.165, 1.54) is 11.3 Å². The second-order valence-electron chi connectivity index (χ2n) is 3.24. The van der Waals surface area contributed by atoms with Gasteiger partial charge in [-0.15, -0.1) is 10.2 Å². The molecule has 0 aliphatic carbocycles. The monoisotopic (exact) mass is 254 g/mol. The van der Waals surface area contributed by atoms with E-state index >= 15 is 0 Å². The summed E-state index contributed by atoms with van der Waals surface area (Å²) in [7, 11) is 0. The zero-order valence-electron chi connectivity index (χ0n) is 8.81. The van der Waals surface area contributed by atoms with E-state index < -0.39 is 0 Å². The first-order valence-electron chi connectivity index (χ1n) is 5.02. The fraction of sp³-hybridized carbons (Fsp3) is 0.273. The molecule has 0 spiro atoms. The first kappa shape index (κ1) is 11.4. The highest BCUT2D eigenvalue weighted by atomic mass is 35.5. The van der Waals surface area contributed by atoms with E-state index in [0.29, 0.717) is 4.47 Å². The third kappa shape index (κ3) is 2.71. The fourth-order valence-corrected chi connectivity index (χ4v) is 2.09. The average Bonchev–Trinajstić information content (AvgIpc) is 2.74. The van der Waals surface area contributed by atoms with Crippen molar-refractivity contribution >= 4 is 22.9 Å². The number of nitrogens with zero attached hydrogens (tertiary/aromatic N) is 2. The molecule has 5 heteroatoms. The largest absolute Gasteiger partial charge is 0.494 e. The number of benzene rings is 1. The lowest BCUT2D eigenvalue weighted by molar-refractivity contribution is 0.317. The molecule has 1 aromatic carbocycles. The maximum absolute atomic E-state index is 5.75. The summed E-state index contributed by atoms with van der Waals surface area (Å²) in [5, 5.41) is 8.58. The number of hydrogen-bond acceptors (Lipinski definition) is 4. The van der Waals surface area contributed by atoms with Gasteiger partial charge in [0, 0.05) is 5.56 Å². The first-order valence-corrected chi connectivity index (χ1v) is 6.21. The lowest BCUT2D eigenvalue weighted by Crippen LogP contribution is -1.94. The van der Waals surface area contributed by atoms with Crippen LogP contribution >= 0.6 is 22.9 Å². The third-order valence-electron chi connectivity index (χ3n) is 1.95. The Morgan fingerprint density at radius 2 is 2.25 bits per heavy atom. The van der Waals surface area contributed by atoms with Crippen LogP contribution in [-0.2, 0) is 0 Å². The summed E-state index contributed by atoms with van der Waals surface area (Å²) in [5.41, 5.74) is 0.984. The number of aromatic nitrogens is 2. The van der Waals surface area contributed by atoms with Crippen molar-refractivity contribution in [2.45, 2.75) is 13.3 Å². The van der Waals surface area contributed by atoms with Gasteiger partial charge in [0.2, 0.25) is 4.47 Å². The Labute approximate surface area is 103 Å². The van der Waals surface area contributed by atoms with Crippen LogP contribution in [0.1, 0.15) is 13.3 Å². The molecule has 0 saturated heterocycles. The van der Waals surface area contributed by atoms with Gasteiger partial charge >= 0.3 is 0 Å². The molecule has 84 valence electrons. The van der Waals surface area contributed by atoms with Crippen molar-refractivity contribution in [2.75, 3.05) is 6.61 Å². The first-order chi connectivity index (χ1) is 7.79. The van der Waals surface area contributed by atoms with Crippen LogP contribution < -0.4 is 4.74 Å². The van der Waals surface area contributed by atoms with Gasteiger partial charge in [-0.1, -0.05) is 30.4 Å². The Kier molecular flexibility index (Phi) is 3.74. The average molecular weight is 255 g/mol. The molecular formula is C11H11ClN2OS. The van der Waals surface area contributed by atoms with Crippen molar-refractivity contribution < 1.29 is 4.74 Å². The van der Waals surface area contributed by atoms with Gasteiger partial charge in [0.1, 0.15) is 10.8 Å². The van der Waals surface area contributed by atoms with E-state index in [4.69, 9.17) is 16.3 Å². The van der Waals surface area contributed by atoms with Gasteiger partial charge in [0.15, 0.2) is 0 Å². The number of halogens is 1. The van der Waals surface area contributed by atoms with Gasteiger partial charge in [-0.25, -0.2) is 0 Å². The fourth-order valence-electron chi connectivity index (χ4n) is 1.26. The minimum Gasteiger partial charge on any atom is -0.494 e. The van der Waals surface area contributed by atoms with Gasteiger partial charge in [-0.3, -0.25) is 0 Å². The summed E-state index contributed by atoms with van der Waals surface area (Å²) in [6.45, 7) is 2.80. The van der Waals surface area contributed by atoms with Crippen LogP contribution in [0.3, 0.4) is 0 Å². The van der Waals surface area contributed by atoms with Gasteiger partial charge in [0.05, 0.1) is 6.61 Å². The molecule has 0 fully saturated rings. The summed E-state index contributed by atoms with van der Waals surface area (Å²) in [5.74, 6) is 0.852. The molecule has 0 aliphatic rings. The van der Waals surface area contributed by atoms with Crippen molar-refractivity contribution in [3.8, 4) is 16.3 Å². The highest BCUT2D eigenvalue weighted by Gasteiger charge is 2.05. The predicted octanol–water partition coefficient (Wildman–Crippen LogP) is 3.65. The molecule has 0 atom stereocenters. The second-order valence-corrected chi connectivity index (χ2v) is 4.80. The molecule has 1 heterocycles. The zero-order chi connectivity index (χ0) is 11.4. The summed E-state index contributed by atoms with van der Waals surface area (Å²) >= 11 is 7.11. The van der Waals surface area contributed by atoms with E-state index in [1.54, 1.807) is 0 Å². The van der Waals surface area contributed by atoms with E-state index in [-0.39, 0.29) is 0 Å². The summed E-state index contributed by atoms with van der Waals surface area (Å²) in [4.78, 5) is 0. The van der Waals surface area contributed by atoms with Crippen LogP contribution in [0.2, 0.25) is 4.47 Å². The quantitative estimate of drug-likeness (QED) is 0.835. The smallest absolute Gasteiger partial charge is 0.207 e. The number of ether oxygens (including phenoxy) is 1. The maximum Gasteiger partial charge on any atom is 0.207 e. The highest BCUT2D eigenvalue weighted by molar-refractivity contribution is 7.18. The molecule has 0 aliphatic heterocycles. The van der Waals surface area contributed by atoms with Crippen LogP contribution in [0.25, 0.3) is 10.6 Å². The van der Waals surface area contributed by atoms with Crippen LogP contribution in [0.4, 0.5) is 0 Å². The Balaban J connectivity index is 2.22. The molecule has 2 aromatic rings. The van der Waals surface area contributed by atoms with E-state index in [1.807, 2.05) is 24.3 Å². The van der Waals surface area contributed by atoms with Crippen LogP contribution in [0.5, 0.6) is 5.75 Å². The third-order valence-corrected chi connectivity index (χ3v) is 3.02. The van der Waals surface area contributed by atoms with Crippen molar-refractivity contribution in [3.63, 3.8) is 0 Å². The minimum absolute atomic E-state index is 0.454. The van der Waals surface area contributed by atoms with Crippen molar-refractivity contribution in [2.24, 2.45) is 0 Å². The minimum atomic E-state index is 0.454. The zero-order valence-corrected chi connectivity index (χ0v) is 10.4. The van der Waals surface area contributed by atoms with Crippen LogP contribution in [-0.4, -0.2) is 16.8 Å². The number of rotatable bonds is 4. The van der Waals surface area contributed by atoms with Gasteiger partial charge in [0.25, 0.3) is 0 Å². The van der Waals surface area contributed by atoms with Crippen molar-refractivity contribution in [3.05, 3.63) is 28.7 Å².